The molecule has 0 aliphatic rings. The number of nitrogens with one attached hydrogen (secondary N) is 2. The number of aromatic nitrogens is 3. The number of rotatable bonds is 3. The first-order chi connectivity index (χ1) is 12.1. The predicted molar refractivity (Wildman–Crippen MR) is 93.8 cm³/mol. The van der Waals surface area contributed by atoms with Crippen LogP contribution in [0.4, 0.5) is 0 Å². The van der Waals surface area contributed by atoms with E-state index in [-0.39, 0.29) is 11.6 Å². The van der Waals surface area contributed by atoms with Crippen LogP contribution < -0.4 is 4.74 Å². The second-order valence-corrected chi connectivity index (χ2v) is 5.80. The van der Waals surface area contributed by atoms with Crippen molar-refractivity contribution in [3.63, 3.8) is 0 Å². The molecule has 0 fully saturated rings. The van der Waals surface area contributed by atoms with Gasteiger partial charge in [0.25, 0.3) is 0 Å². The average Bonchev–Trinajstić information content (AvgIpc) is 3.27. The van der Waals surface area contributed by atoms with Gasteiger partial charge in [0, 0.05) is 17.1 Å². The monoisotopic (exact) mass is 330 g/mol. The number of fused-ring (bicyclic) bond motifs is 2. The topological polar surface area (TPSA) is 94.6 Å². The molecule has 25 heavy (non-hydrogen) atoms. The molecule has 0 aliphatic heterocycles. The van der Waals surface area contributed by atoms with E-state index in [1.165, 1.54) is 0 Å². The summed E-state index contributed by atoms with van der Waals surface area (Å²) in [6.07, 6.45) is 1.80. The largest absolute Gasteiger partial charge is 0.496 e. The summed E-state index contributed by atoms with van der Waals surface area (Å²) in [5.41, 5.74) is 4.15. The second kappa shape index (κ2) is 5.49. The minimum atomic E-state index is -0.254. The van der Waals surface area contributed by atoms with E-state index in [1.807, 2.05) is 19.1 Å². The maximum absolute atomic E-state index is 13.1. The zero-order valence-corrected chi connectivity index (χ0v) is 13.7. The number of aryl methyl sites for hydroxylation is 1. The molecule has 6 nitrogen and oxygen atoms in total. The zero-order valence-electron chi connectivity index (χ0n) is 13.7. The second-order valence-electron chi connectivity index (χ2n) is 5.80. The van der Waals surface area contributed by atoms with Gasteiger partial charge < -0.3 is 14.7 Å². The van der Waals surface area contributed by atoms with Crippen molar-refractivity contribution in [3.05, 3.63) is 59.0 Å². The average molecular weight is 330 g/mol. The lowest BCUT2D eigenvalue weighted by Crippen LogP contribution is -2.07. The molecule has 6 heteroatoms. The van der Waals surface area contributed by atoms with Crippen LogP contribution in [0, 0.1) is 18.3 Å². The molecule has 122 valence electrons. The maximum atomic E-state index is 13.1. The highest BCUT2D eigenvalue weighted by Crippen LogP contribution is 2.32. The van der Waals surface area contributed by atoms with E-state index in [9.17, 15) is 4.79 Å². The Labute approximate surface area is 143 Å². The molecule has 4 aromatic rings. The van der Waals surface area contributed by atoms with E-state index in [2.05, 4.69) is 21.0 Å². The van der Waals surface area contributed by atoms with Gasteiger partial charge in [-0.05, 0) is 42.8 Å². The van der Waals surface area contributed by atoms with Gasteiger partial charge in [-0.2, -0.15) is 5.26 Å². The van der Waals surface area contributed by atoms with Crippen molar-refractivity contribution in [1.82, 2.24) is 15.0 Å². The molecule has 0 saturated carbocycles. The number of hydrogen-bond donors (Lipinski definition) is 2. The zero-order chi connectivity index (χ0) is 17.6. The lowest BCUT2D eigenvalue weighted by molar-refractivity contribution is 0.102. The maximum Gasteiger partial charge on any atom is 0.232 e. The number of hydrogen-bond acceptors (Lipinski definition) is 4. The fraction of sp³-hybridized carbons (Fsp3) is 0.105. The van der Waals surface area contributed by atoms with Gasteiger partial charge in [0.2, 0.25) is 5.78 Å². The summed E-state index contributed by atoms with van der Waals surface area (Å²) >= 11 is 0. The van der Waals surface area contributed by atoms with Crippen molar-refractivity contribution in [2.45, 2.75) is 6.92 Å². The Morgan fingerprint density at radius 3 is 2.88 bits per heavy atom. The van der Waals surface area contributed by atoms with Gasteiger partial charge in [0.05, 0.1) is 35.3 Å². The molecule has 2 aromatic heterocycles. The number of H-pyrrole nitrogens is 2. The minimum Gasteiger partial charge on any atom is -0.496 e. The molecule has 0 spiro atoms. The third-order valence-electron chi connectivity index (χ3n) is 4.28. The number of imidazole rings is 1. The van der Waals surface area contributed by atoms with Crippen LogP contribution in [0.1, 0.15) is 27.3 Å². The number of methoxy groups -OCH3 is 1. The summed E-state index contributed by atoms with van der Waals surface area (Å²) in [6.45, 7) is 1.96. The highest BCUT2D eigenvalue weighted by atomic mass is 16.5. The van der Waals surface area contributed by atoms with Crippen molar-refractivity contribution in [2.24, 2.45) is 0 Å². The number of nitrogens with zero attached hydrogens (tertiary/aromatic N) is 2. The van der Waals surface area contributed by atoms with E-state index in [1.54, 1.807) is 31.5 Å². The van der Waals surface area contributed by atoms with Crippen molar-refractivity contribution in [3.8, 4) is 11.8 Å². The van der Waals surface area contributed by atoms with Crippen molar-refractivity contribution < 1.29 is 9.53 Å². The number of ketones is 1. The van der Waals surface area contributed by atoms with Gasteiger partial charge >= 0.3 is 0 Å². The van der Waals surface area contributed by atoms with Gasteiger partial charge in [0.15, 0.2) is 5.82 Å². The SMILES string of the molecule is COc1cc(C)c2[nH]ccc2c1C(=O)c1nc2ccc(C#N)cc2[nH]1. The molecule has 0 radical (unpaired) electrons. The molecule has 2 N–H and O–H groups in total. The van der Waals surface area contributed by atoms with E-state index >= 15 is 0 Å². The van der Waals surface area contributed by atoms with Gasteiger partial charge in [0.1, 0.15) is 5.75 Å². The van der Waals surface area contributed by atoms with Crippen LogP contribution in [0.3, 0.4) is 0 Å². The fourth-order valence-electron chi connectivity index (χ4n) is 3.08. The molecule has 2 heterocycles. The van der Waals surface area contributed by atoms with Gasteiger partial charge in [-0.1, -0.05) is 0 Å². The van der Waals surface area contributed by atoms with Gasteiger partial charge in [-0.25, -0.2) is 4.98 Å². The summed E-state index contributed by atoms with van der Waals surface area (Å²) in [5.74, 6) is 0.471. The van der Waals surface area contributed by atoms with Crippen molar-refractivity contribution >= 4 is 27.7 Å². The predicted octanol–water partition coefficient (Wildman–Crippen LogP) is 3.46. The number of nitriles is 1. The van der Waals surface area contributed by atoms with Crippen LogP contribution in [0.15, 0.2) is 36.5 Å². The summed E-state index contributed by atoms with van der Waals surface area (Å²) in [6, 6.07) is 10.8. The molecular weight excluding hydrogens is 316 g/mol. The molecule has 0 amide bonds. The summed E-state index contributed by atoms with van der Waals surface area (Å²) in [5, 5.41) is 9.80. The van der Waals surface area contributed by atoms with Gasteiger partial charge in [-0.15, -0.1) is 0 Å². The fourth-order valence-corrected chi connectivity index (χ4v) is 3.08. The lowest BCUT2D eigenvalue weighted by Gasteiger charge is -2.10. The number of carbonyl (C=O) groups excluding carboxylic acids is 1. The number of benzene rings is 2. The van der Waals surface area contributed by atoms with E-state index in [4.69, 9.17) is 10.00 Å². The summed E-state index contributed by atoms with van der Waals surface area (Å²) in [4.78, 5) is 23.7. The summed E-state index contributed by atoms with van der Waals surface area (Å²) < 4.78 is 5.44. The van der Waals surface area contributed by atoms with E-state index < -0.39 is 0 Å². The van der Waals surface area contributed by atoms with E-state index in [0.717, 1.165) is 16.5 Å². The third kappa shape index (κ3) is 2.25. The minimum absolute atomic E-state index is 0.217. The first kappa shape index (κ1) is 15.0. The Morgan fingerprint density at radius 1 is 1.28 bits per heavy atom. The van der Waals surface area contributed by atoms with Crippen LogP contribution >= 0.6 is 0 Å². The molecule has 0 atom stereocenters. The first-order valence-corrected chi connectivity index (χ1v) is 7.71. The standard InChI is InChI=1S/C19H14N4O2/c1-10-7-15(25-2)16(12-5-6-21-17(10)12)18(24)19-22-13-4-3-11(9-20)8-14(13)23-19/h3-8,21H,1-2H3,(H,22,23). The molecule has 0 unspecified atom stereocenters. The van der Waals surface area contributed by atoms with Gasteiger partial charge in [-0.3, -0.25) is 4.79 Å². The highest BCUT2D eigenvalue weighted by molar-refractivity contribution is 6.17. The molecule has 4 rings (SSSR count). The Balaban J connectivity index is 1.92. The van der Waals surface area contributed by atoms with Crippen molar-refractivity contribution in [2.75, 3.05) is 7.11 Å². The first-order valence-electron chi connectivity index (χ1n) is 7.71. The van der Waals surface area contributed by atoms with Crippen molar-refractivity contribution in [1.29, 1.82) is 5.26 Å². The van der Waals surface area contributed by atoms with E-state index in [0.29, 0.717) is 27.9 Å². The molecule has 0 saturated heterocycles. The van der Waals surface area contributed by atoms with Crippen LogP contribution in [0.25, 0.3) is 21.9 Å². The highest BCUT2D eigenvalue weighted by Gasteiger charge is 2.22. The Hall–Kier alpha value is -3.59. The molecule has 0 aliphatic carbocycles. The molecule has 2 aromatic carbocycles. The lowest BCUT2D eigenvalue weighted by atomic mass is 10.0. The molecular formula is C19H14N4O2. The Morgan fingerprint density at radius 2 is 2.12 bits per heavy atom. The van der Waals surface area contributed by atoms with Crippen LogP contribution in [-0.2, 0) is 0 Å². The van der Waals surface area contributed by atoms with Crippen LogP contribution in [0.2, 0.25) is 0 Å². The smallest absolute Gasteiger partial charge is 0.232 e. The molecule has 0 bridgehead atoms. The van der Waals surface area contributed by atoms with Crippen LogP contribution in [-0.4, -0.2) is 27.8 Å². The third-order valence-corrected chi connectivity index (χ3v) is 4.28. The summed E-state index contributed by atoms with van der Waals surface area (Å²) in [7, 11) is 1.54. The van der Waals surface area contributed by atoms with Crippen LogP contribution in [0.5, 0.6) is 5.75 Å². The number of aromatic amines is 2. The quantitative estimate of drug-likeness (QED) is 0.562. The normalized spacial score (nSPS) is 10.9. The Kier molecular flexibility index (Phi) is 3.29. The number of carbonyl (C=O) groups is 1. The Bertz CT molecular complexity index is 1180. The number of ether oxygens (including phenoxy) is 1.